The second-order valence-electron chi connectivity index (χ2n) is 9.40. The molecule has 0 N–H and O–H groups in total. The summed E-state index contributed by atoms with van der Waals surface area (Å²) < 4.78 is 18.0. The van der Waals surface area contributed by atoms with E-state index in [1.54, 1.807) is 0 Å². The molecule has 4 aromatic rings. The fourth-order valence-corrected chi connectivity index (χ4v) is 9.55. The van der Waals surface area contributed by atoms with Gasteiger partial charge in [-0.15, -0.1) is 0 Å². The van der Waals surface area contributed by atoms with Crippen LogP contribution in [-0.2, 0) is 16.0 Å². The Labute approximate surface area is 242 Å². The number of oxazole rings is 1. The largest absolute Gasteiger partial charge is 1.00 e. The molecular weight excluding hydrogens is 608 g/mol. The molecule has 3 heterocycles. The fourth-order valence-electron chi connectivity index (χ4n) is 5.32. The third kappa shape index (κ3) is 5.40. The minimum atomic E-state index is -2.37. The van der Waals surface area contributed by atoms with Crippen molar-refractivity contribution in [2.75, 3.05) is 57.5 Å². The van der Waals surface area contributed by atoms with Crippen molar-refractivity contribution in [3.8, 4) is 0 Å². The Morgan fingerprint density at radius 2 is 1.08 bits per heavy atom. The Bertz CT molecular complexity index is 1180. The van der Waals surface area contributed by atoms with Crippen molar-refractivity contribution in [1.29, 1.82) is 0 Å². The maximum Gasteiger partial charge on any atom is 0.261 e. The van der Waals surface area contributed by atoms with Crippen LogP contribution in [0, 0.1) is 0 Å². The average molecular weight is 641 g/mol. The Kier molecular flexibility index (Phi) is 9.12. The van der Waals surface area contributed by atoms with Crippen LogP contribution in [0.15, 0.2) is 95.4 Å². The Balaban J connectivity index is 0.00000294. The van der Waals surface area contributed by atoms with Gasteiger partial charge in [0.1, 0.15) is 15.9 Å². The van der Waals surface area contributed by atoms with E-state index in [1.807, 2.05) is 0 Å². The van der Waals surface area contributed by atoms with E-state index in [9.17, 15) is 0 Å². The van der Waals surface area contributed by atoms with Crippen LogP contribution in [0.2, 0.25) is 0 Å². The number of benzene rings is 3. The van der Waals surface area contributed by atoms with Crippen LogP contribution in [-0.4, -0.2) is 62.5 Å². The highest BCUT2D eigenvalue weighted by Crippen LogP contribution is 2.56. The fraction of sp³-hybridized carbons (Fsp3) is 0.300. The number of nitrogens with zero attached hydrogens (tertiary/aromatic N) is 3. The van der Waals surface area contributed by atoms with Crippen molar-refractivity contribution < 1.29 is 37.9 Å². The van der Waals surface area contributed by atoms with E-state index in [0.717, 1.165) is 56.6 Å². The summed E-state index contributed by atoms with van der Waals surface area (Å²) in [6.45, 7) is 6.91. The van der Waals surface area contributed by atoms with Gasteiger partial charge in [-0.2, -0.15) is 4.98 Å². The summed E-state index contributed by atoms with van der Waals surface area (Å²) in [7, 11) is -2.37. The summed E-state index contributed by atoms with van der Waals surface area (Å²) in [6.07, 6.45) is 0. The number of hydrogen-bond acceptors (Lipinski definition) is 6. The van der Waals surface area contributed by atoms with Crippen LogP contribution in [0.5, 0.6) is 0 Å². The number of anilines is 1. The average Bonchev–Trinajstić information content (AvgIpc) is 3.40. The molecule has 0 atom stereocenters. The highest BCUT2D eigenvalue weighted by Gasteiger charge is 2.53. The first kappa shape index (κ1) is 27.3. The Hall–Kier alpha value is -2.29. The van der Waals surface area contributed by atoms with Gasteiger partial charge in [-0.05, 0) is 36.4 Å². The van der Waals surface area contributed by atoms with Gasteiger partial charge < -0.3 is 42.8 Å². The van der Waals surface area contributed by atoms with Crippen molar-refractivity contribution in [2.45, 2.75) is 6.54 Å². The predicted molar refractivity (Wildman–Crippen MR) is 150 cm³/mol. The van der Waals surface area contributed by atoms with E-state index in [-0.39, 0.29) is 24.0 Å². The monoisotopic (exact) mass is 641 g/mol. The molecule has 198 valence electrons. The van der Waals surface area contributed by atoms with Crippen LogP contribution < -0.4 is 50.2 Å². The molecule has 0 unspecified atom stereocenters. The van der Waals surface area contributed by atoms with Crippen LogP contribution in [0.3, 0.4) is 0 Å². The first-order valence-electron chi connectivity index (χ1n) is 13.0. The molecule has 0 bridgehead atoms. The van der Waals surface area contributed by atoms with Crippen molar-refractivity contribution in [2.24, 2.45) is 0 Å². The summed E-state index contributed by atoms with van der Waals surface area (Å²) in [6, 6.07) is 32.6. The summed E-state index contributed by atoms with van der Waals surface area (Å²) in [5.74, 6) is 1.65. The zero-order valence-corrected chi connectivity index (χ0v) is 24.5. The van der Waals surface area contributed by atoms with E-state index in [1.165, 1.54) is 15.9 Å². The number of hydrogen-bond donors (Lipinski definition) is 0. The number of aromatic nitrogens is 1. The molecule has 0 aliphatic carbocycles. The molecular formula is C30H33IN3O3P. The van der Waals surface area contributed by atoms with Gasteiger partial charge in [-0.25, -0.2) is 0 Å². The maximum atomic E-state index is 6.73. The Morgan fingerprint density at radius 3 is 1.55 bits per heavy atom. The van der Waals surface area contributed by atoms with Crippen molar-refractivity contribution >= 4 is 34.5 Å². The molecule has 0 amide bonds. The lowest BCUT2D eigenvalue weighted by Crippen LogP contribution is -3.00. The molecule has 38 heavy (non-hydrogen) atoms. The zero-order chi connectivity index (χ0) is 24.9. The molecule has 6 rings (SSSR count). The number of morpholine rings is 2. The topological polar surface area (TPSA) is 51.0 Å². The number of halogens is 1. The maximum absolute atomic E-state index is 6.73. The van der Waals surface area contributed by atoms with Gasteiger partial charge in [0.25, 0.3) is 11.3 Å². The third-order valence-electron chi connectivity index (χ3n) is 7.15. The summed E-state index contributed by atoms with van der Waals surface area (Å²) in [4.78, 5) is 10.1. The standard InChI is InChI=1S/C30H33N3O3P.HI/c1-4-10-25(11-5-1)37(26-12-6-2-7-13-26,27-14-8-3-9-15-27)29-30(33-18-22-35-23-19-33)36-28(31-29)24-32-16-20-34-21-17-32;/h1-15H,16-24H2;1H/q+1;/p-1. The van der Waals surface area contributed by atoms with Gasteiger partial charge in [0, 0.05) is 26.2 Å². The van der Waals surface area contributed by atoms with Gasteiger partial charge in [0.2, 0.25) is 5.89 Å². The van der Waals surface area contributed by atoms with Crippen molar-refractivity contribution in [3.63, 3.8) is 0 Å². The molecule has 0 saturated carbocycles. The summed E-state index contributed by atoms with van der Waals surface area (Å²) in [5, 5.41) is 3.81. The summed E-state index contributed by atoms with van der Waals surface area (Å²) >= 11 is 0. The highest BCUT2D eigenvalue weighted by atomic mass is 127. The van der Waals surface area contributed by atoms with Gasteiger partial charge in [-0.1, -0.05) is 54.6 Å². The normalized spacial score (nSPS) is 16.7. The van der Waals surface area contributed by atoms with Gasteiger partial charge >= 0.3 is 0 Å². The minimum absolute atomic E-state index is 0. The minimum Gasteiger partial charge on any atom is -1.00 e. The first-order chi connectivity index (χ1) is 18.4. The van der Waals surface area contributed by atoms with Gasteiger partial charge in [0.15, 0.2) is 7.26 Å². The van der Waals surface area contributed by atoms with Crippen LogP contribution in [0.25, 0.3) is 0 Å². The van der Waals surface area contributed by atoms with E-state index >= 15 is 0 Å². The quantitative estimate of drug-likeness (QED) is 0.209. The van der Waals surface area contributed by atoms with Crippen LogP contribution in [0.4, 0.5) is 5.88 Å². The SMILES string of the molecule is [I-].c1ccc([P+](c2ccccc2)(c2ccccc2)c2nc(CN3CCOCC3)oc2N2CCOCC2)cc1. The zero-order valence-electron chi connectivity index (χ0n) is 21.4. The number of ether oxygens (including phenoxy) is 2. The molecule has 2 saturated heterocycles. The lowest BCUT2D eigenvalue weighted by atomic mass is 10.4. The smallest absolute Gasteiger partial charge is 0.261 e. The van der Waals surface area contributed by atoms with Gasteiger partial charge in [0.05, 0.1) is 33.0 Å². The molecule has 2 aliphatic heterocycles. The van der Waals surface area contributed by atoms with E-state index < -0.39 is 7.26 Å². The first-order valence-corrected chi connectivity index (χ1v) is 14.8. The van der Waals surface area contributed by atoms with E-state index in [2.05, 4.69) is 101 Å². The third-order valence-corrected chi connectivity index (χ3v) is 11.3. The number of rotatable bonds is 7. The highest BCUT2D eigenvalue weighted by molar-refractivity contribution is 8.01. The molecule has 3 aromatic carbocycles. The molecule has 0 radical (unpaired) electrons. The summed E-state index contributed by atoms with van der Waals surface area (Å²) in [5.41, 5.74) is 1.04. The Morgan fingerprint density at radius 1 is 0.632 bits per heavy atom. The molecule has 8 heteroatoms. The van der Waals surface area contributed by atoms with Crippen LogP contribution in [0.1, 0.15) is 5.89 Å². The molecule has 2 fully saturated rings. The predicted octanol–water partition coefficient (Wildman–Crippen LogP) is -0.0332. The second-order valence-corrected chi connectivity index (χ2v) is 12.7. The van der Waals surface area contributed by atoms with Gasteiger partial charge in [-0.3, -0.25) is 4.90 Å². The van der Waals surface area contributed by atoms with Crippen molar-refractivity contribution in [1.82, 2.24) is 9.88 Å². The molecule has 1 aromatic heterocycles. The second kappa shape index (κ2) is 12.7. The lowest BCUT2D eigenvalue weighted by molar-refractivity contribution is -0.0000116. The molecule has 2 aliphatic rings. The molecule has 0 spiro atoms. The van der Waals surface area contributed by atoms with Crippen molar-refractivity contribution in [3.05, 3.63) is 96.9 Å². The molecule has 6 nitrogen and oxygen atoms in total. The lowest BCUT2D eigenvalue weighted by Gasteiger charge is -2.30. The van der Waals surface area contributed by atoms with E-state index in [4.69, 9.17) is 18.9 Å². The van der Waals surface area contributed by atoms with E-state index in [0.29, 0.717) is 19.8 Å². The van der Waals surface area contributed by atoms with Crippen LogP contribution >= 0.6 is 7.26 Å².